The van der Waals surface area contributed by atoms with Gasteiger partial charge in [-0.1, -0.05) is 35.9 Å². The van der Waals surface area contributed by atoms with Gasteiger partial charge in [0, 0.05) is 12.1 Å². The van der Waals surface area contributed by atoms with E-state index in [1.54, 1.807) is 0 Å². The number of benzene rings is 2. The van der Waals surface area contributed by atoms with E-state index in [1.165, 1.54) is 12.1 Å². The molecule has 2 aromatic rings. The quantitative estimate of drug-likeness (QED) is 0.483. The number of amides is 1. The Bertz CT molecular complexity index is 822. The molecule has 0 unspecified atom stereocenters. The zero-order valence-electron chi connectivity index (χ0n) is 13.3. The number of anilines is 1. The Morgan fingerprint density at radius 1 is 1.24 bits per heavy atom. The second kappa shape index (κ2) is 8.25. The van der Waals surface area contributed by atoms with E-state index < -0.39 is 23.4 Å². The molecule has 0 heterocycles. The highest BCUT2D eigenvalue weighted by atomic mass is 35.5. The largest absolute Gasteiger partial charge is 0.455 e. The fourth-order valence-electron chi connectivity index (χ4n) is 2.07. The summed E-state index contributed by atoms with van der Waals surface area (Å²) in [5.74, 6) is -1.12. The maximum absolute atomic E-state index is 11.8. The molecule has 1 amide bonds. The summed E-state index contributed by atoms with van der Waals surface area (Å²) in [4.78, 5) is 33.7. The van der Waals surface area contributed by atoms with E-state index in [9.17, 15) is 19.7 Å². The number of carbonyl (C=O) groups is 2. The van der Waals surface area contributed by atoms with E-state index in [0.717, 1.165) is 17.2 Å². The fourth-order valence-corrected chi connectivity index (χ4v) is 2.29. The molecule has 0 fully saturated rings. The number of non-ortho nitro benzene ring substituents is 1. The molecule has 0 saturated carbocycles. The second-order valence-corrected chi connectivity index (χ2v) is 5.64. The number of halogens is 1. The Hall–Kier alpha value is -2.93. The van der Waals surface area contributed by atoms with Crippen LogP contribution in [-0.4, -0.2) is 23.4 Å². The molecule has 0 bridgehead atoms. The summed E-state index contributed by atoms with van der Waals surface area (Å²) in [7, 11) is 0. The number of esters is 1. The maximum atomic E-state index is 11.8. The van der Waals surface area contributed by atoms with Crippen LogP contribution in [0.3, 0.4) is 0 Å². The second-order valence-electron chi connectivity index (χ2n) is 5.23. The van der Waals surface area contributed by atoms with Gasteiger partial charge in [0.15, 0.2) is 6.61 Å². The molecule has 0 aliphatic rings. The molecule has 8 heteroatoms. The maximum Gasteiger partial charge on any atom is 0.310 e. The van der Waals surface area contributed by atoms with Crippen LogP contribution in [0, 0.1) is 17.0 Å². The highest BCUT2D eigenvalue weighted by Gasteiger charge is 2.13. The van der Waals surface area contributed by atoms with Crippen molar-refractivity contribution >= 4 is 34.9 Å². The zero-order chi connectivity index (χ0) is 18.4. The number of hydrogen-bond donors (Lipinski definition) is 1. The number of nitrogens with zero attached hydrogens (tertiary/aromatic N) is 1. The molecular weight excluding hydrogens is 348 g/mol. The smallest absolute Gasteiger partial charge is 0.310 e. The van der Waals surface area contributed by atoms with Crippen molar-refractivity contribution in [2.45, 2.75) is 13.3 Å². The summed E-state index contributed by atoms with van der Waals surface area (Å²) in [6, 6.07) is 11.0. The fraction of sp³-hybridized carbons (Fsp3) is 0.176. The van der Waals surface area contributed by atoms with Gasteiger partial charge in [-0.25, -0.2) is 0 Å². The first-order valence-electron chi connectivity index (χ1n) is 7.30. The van der Waals surface area contributed by atoms with E-state index >= 15 is 0 Å². The molecule has 2 aromatic carbocycles. The molecule has 1 N–H and O–H groups in total. The molecule has 0 aliphatic heterocycles. The third kappa shape index (κ3) is 5.29. The lowest BCUT2D eigenvalue weighted by molar-refractivity contribution is -0.384. The first kappa shape index (κ1) is 18.4. The van der Waals surface area contributed by atoms with Crippen molar-refractivity contribution in [3.05, 3.63) is 68.7 Å². The van der Waals surface area contributed by atoms with Gasteiger partial charge in [0.2, 0.25) is 0 Å². The van der Waals surface area contributed by atoms with E-state index in [2.05, 4.69) is 5.32 Å². The van der Waals surface area contributed by atoms with Gasteiger partial charge in [0.25, 0.3) is 11.6 Å². The van der Waals surface area contributed by atoms with Gasteiger partial charge in [-0.3, -0.25) is 19.7 Å². The molecule has 130 valence electrons. The number of rotatable bonds is 6. The third-order valence-electron chi connectivity index (χ3n) is 3.40. The summed E-state index contributed by atoms with van der Waals surface area (Å²) in [5, 5.41) is 13.1. The van der Waals surface area contributed by atoms with Crippen LogP contribution in [0.5, 0.6) is 0 Å². The predicted octanol–water partition coefficient (Wildman–Crippen LogP) is 3.28. The van der Waals surface area contributed by atoms with Crippen LogP contribution < -0.4 is 5.32 Å². The number of hydrogen-bond acceptors (Lipinski definition) is 5. The van der Waals surface area contributed by atoms with Crippen LogP contribution in [0.2, 0.25) is 5.02 Å². The van der Waals surface area contributed by atoms with Gasteiger partial charge >= 0.3 is 5.97 Å². The lowest BCUT2D eigenvalue weighted by Crippen LogP contribution is -2.22. The van der Waals surface area contributed by atoms with Gasteiger partial charge in [-0.15, -0.1) is 0 Å². The van der Waals surface area contributed by atoms with E-state index in [1.807, 2.05) is 31.2 Å². The topological polar surface area (TPSA) is 98.5 Å². The van der Waals surface area contributed by atoms with Crippen molar-refractivity contribution in [3.63, 3.8) is 0 Å². The van der Waals surface area contributed by atoms with Crippen LogP contribution in [0.25, 0.3) is 0 Å². The van der Waals surface area contributed by atoms with Gasteiger partial charge in [0.05, 0.1) is 22.1 Å². The molecule has 0 radical (unpaired) electrons. The molecule has 7 nitrogen and oxygen atoms in total. The van der Waals surface area contributed by atoms with Gasteiger partial charge < -0.3 is 10.1 Å². The lowest BCUT2D eigenvalue weighted by atomic mass is 10.1. The van der Waals surface area contributed by atoms with Crippen molar-refractivity contribution in [1.82, 2.24) is 0 Å². The van der Waals surface area contributed by atoms with Crippen molar-refractivity contribution in [2.75, 3.05) is 11.9 Å². The van der Waals surface area contributed by atoms with Gasteiger partial charge in [0.1, 0.15) is 0 Å². The molecule has 0 saturated heterocycles. The first-order chi connectivity index (χ1) is 11.9. The monoisotopic (exact) mass is 362 g/mol. The molecule has 0 aromatic heterocycles. The Labute approximate surface area is 148 Å². The molecule has 2 rings (SSSR count). The van der Waals surface area contributed by atoms with E-state index in [-0.39, 0.29) is 22.8 Å². The summed E-state index contributed by atoms with van der Waals surface area (Å²) in [6.45, 7) is 1.41. The Balaban J connectivity index is 1.87. The average molecular weight is 363 g/mol. The first-order valence-corrected chi connectivity index (χ1v) is 7.68. The Morgan fingerprint density at radius 3 is 2.60 bits per heavy atom. The molecule has 0 aliphatic carbocycles. The molecular formula is C17H15ClN2O5. The van der Waals surface area contributed by atoms with Crippen molar-refractivity contribution in [1.29, 1.82) is 0 Å². The molecule has 25 heavy (non-hydrogen) atoms. The van der Waals surface area contributed by atoms with Crippen molar-refractivity contribution < 1.29 is 19.2 Å². The summed E-state index contributed by atoms with van der Waals surface area (Å²) < 4.78 is 4.93. The number of nitro benzene ring substituents is 1. The SMILES string of the molecule is Cc1ccccc1CC(=O)OCC(=O)Nc1ccc([N+](=O)[O-])cc1Cl. The summed E-state index contributed by atoms with van der Waals surface area (Å²) >= 11 is 5.88. The van der Waals surface area contributed by atoms with Gasteiger partial charge in [-0.2, -0.15) is 0 Å². The highest BCUT2D eigenvalue weighted by Crippen LogP contribution is 2.26. The van der Waals surface area contributed by atoms with Crippen LogP contribution in [0.4, 0.5) is 11.4 Å². The number of aryl methyl sites for hydroxylation is 1. The number of nitrogens with one attached hydrogen (secondary N) is 1. The minimum absolute atomic E-state index is 0.0220. The van der Waals surface area contributed by atoms with Crippen LogP contribution in [-0.2, 0) is 20.7 Å². The normalized spacial score (nSPS) is 10.2. The van der Waals surface area contributed by atoms with Crippen LogP contribution in [0.15, 0.2) is 42.5 Å². The van der Waals surface area contributed by atoms with Crippen LogP contribution >= 0.6 is 11.6 Å². The number of carbonyl (C=O) groups excluding carboxylic acids is 2. The van der Waals surface area contributed by atoms with Gasteiger partial charge in [-0.05, 0) is 24.1 Å². The van der Waals surface area contributed by atoms with Crippen molar-refractivity contribution in [3.8, 4) is 0 Å². The standard InChI is InChI=1S/C17H15ClN2O5/c1-11-4-2-3-5-12(11)8-17(22)25-10-16(21)19-15-7-6-13(20(23)24)9-14(15)18/h2-7,9H,8,10H2,1H3,(H,19,21). The number of ether oxygens (including phenoxy) is 1. The number of nitro groups is 1. The minimum Gasteiger partial charge on any atom is -0.455 e. The zero-order valence-corrected chi connectivity index (χ0v) is 14.1. The summed E-state index contributed by atoms with van der Waals surface area (Å²) in [6.07, 6.45) is 0.0677. The lowest BCUT2D eigenvalue weighted by Gasteiger charge is -2.09. The van der Waals surface area contributed by atoms with E-state index in [4.69, 9.17) is 16.3 Å². The summed E-state index contributed by atoms with van der Waals surface area (Å²) in [5.41, 5.74) is 1.80. The average Bonchev–Trinajstić information content (AvgIpc) is 2.57. The molecule has 0 atom stereocenters. The Morgan fingerprint density at radius 2 is 1.96 bits per heavy atom. The van der Waals surface area contributed by atoms with E-state index in [0.29, 0.717) is 0 Å². The minimum atomic E-state index is -0.592. The van der Waals surface area contributed by atoms with Crippen molar-refractivity contribution in [2.24, 2.45) is 0 Å². The highest BCUT2D eigenvalue weighted by molar-refractivity contribution is 6.34. The predicted molar refractivity (Wildman–Crippen MR) is 92.6 cm³/mol. The molecule has 0 spiro atoms. The Kier molecular flexibility index (Phi) is 6.08. The third-order valence-corrected chi connectivity index (χ3v) is 3.71. The van der Waals surface area contributed by atoms with Crippen LogP contribution in [0.1, 0.15) is 11.1 Å².